The minimum absolute atomic E-state index is 0.264. The fourth-order valence-electron chi connectivity index (χ4n) is 2.50. The van der Waals surface area contributed by atoms with Crippen molar-refractivity contribution in [3.05, 3.63) is 29.3 Å². The van der Waals surface area contributed by atoms with Crippen LogP contribution in [0.15, 0.2) is 18.2 Å². The summed E-state index contributed by atoms with van der Waals surface area (Å²) in [4.78, 5) is 2.72. The molecular formula is C14H20N2O2S. The highest BCUT2D eigenvalue weighted by atomic mass is 32.1. The molecule has 0 amide bonds. The second-order valence-corrected chi connectivity index (χ2v) is 5.40. The van der Waals surface area contributed by atoms with Crippen LogP contribution >= 0.6 is 12.2 Å². The fraction of sp³-hybridized carbons (Fsp3) is 0.500. The molecule has 1 atom stereocenters. The van der Waals surface area contributed by atoms with Crippen molar-refractivity contribution >= 4 is 17.2 Å². The minimum atomic E-state index is 0.264. The van der Waals surface area contributed by atoms with Gasteiger partial charge in [0.05, 0.1) is 7.11 Å². The summed E-state index contributed by atoms with van der Waals surface area (Å²) in [5.41, 5.74) is 7.62. The van der Waals surface area contributed by atoms with Gasteiger partial charge in [-0.3, -0.25) is 4.90 Å². The number of methoxy groups -OCH3 is 1. The van der Waals surface area contributed by atoms with Crippen LogP contribution in [-0.4, -0.2) is 41.8 Å². The highest BCUT2D eigenvalue weighted by Crippen LogP contribution is 2.25. The zero-order valence-electron chi connectivity index (χ0n) is 11.1. The molecule has 104 valence electrons. The average Bonchev–Trinajstić information content (AvgIpc) is 2.86. The molecular weight excluding hydrogens is 260 g/mol. The molecule has 0 radical (unpaired) electrons. The lowest BCUT2D eigenvalue weighted by atomic mass is 10.1. The normalized spacial score (nSPS) is 19.6. The number of rotatable bonds is 5. The van der Waals surface area contributed by atoms with E-state index >= 15 is 0 Å². The summed E-state index contributed by atoms with van der Waals surface area (Å²) in [6.45, 7) is 3.00. The maximum atomic E-state index is 9.18. The van der Waals surface area contributed by atoms with Gasteiger partial charge >= 0.3 is 0 Å². The van der Waals surface area contributed by atoms with Crippen molar-refractivity contribution in [2.45, 2.75) is 13.0 Å². The maximum absolute atomic E-state index is 9.18. The Labute approximate surface area is 119 Å². The van der Waals surface area contributed by atoms with E-state index in [2.05, 4.69) is 4.90 Å². The van der Waals surface area contributed by atoms with Crippen molar-refractivity contribution in [3.8, 4) is 5.75 Å². The molecule has 1 aliphatic rings. The van der Waals surface area contributed by atoms with Crippen molar-refractivity contribution in [2.24, 2.45) is 11.7 Å². The summed E-state index contributed by atoms with van der Waals surface area (Å²) in [6.07, 6.45) is 1.05. The largest absolute Gasteiger partial charge is 0.496 e. The molecule has 0 aliphatic carbocycles. The number of likely N-dealkylation sites (tertiary alicyclic amines) is 1. The van der Waals surface area contributed by atoms with Crippen molar-refractivity contribution in [3.63, 3.8) is 0 Å². The van der Waals surface area contributed by atoms with Crippen molar-refractivity contribution in [1.82, 2.24) is 4.90 Å². The predicted octanol–water partition coefficient (Wildman–Crippen LogP) is 1.14. The van der Waals surface area contributed by atoms with E-state index < -0.39 is 0 Å². The smallest absolute Gasteiger partial charge is 0.123 e. The summed E-state index contributed by atoms with van der Waals surface area (Å²) in [6, 6.07) is 5.78. The van der Waals surface area contributed by atoms with Crippen molar-refractivity contribution < 1.29 is 9.84 Å². The van der Waals surface area contributed by atoms with Gasteiger partial charge in [0.2, 0.25) is 0 Å². The van der Waals surface area contributed by atoms with Crippen molar-refractivity contribution in [1.29, 1.82) is 0 Å². The van der Waals surface area contributed by atoms with Crippen LogP contribution in [0.25, 0.3) is 0 Å². The van der Waals surface area contributed by atoms with Gasteiger partial charge in [-0.15, -0.1) is 0 Å². The zero-order chi connectivity index (χ0) is 13.8. The Morgan fingerprint density at radius 2 is 2.37 bits per heavy atom. The molecule has 1 heterocycles. The second-order valence-electron chi connectivity index (χ2n) is 4.96. The Morgan fingerprint density at radius 1 is 1.58 bits per heavy atom. The third kappa shape index (κ3) is 3.43. The van der Waals surface area contributed by atoms with Crippen molar-refractivity contribution in [2.75, 3.05) is 26.8 Å². The second kappa shape index (κ2) is 6.32. The van der Waals surface area contributed by atoms with E-state index in [1.165, 1.54) is 0 Å². The van der Waals surface area contributed by atoms with Gasteiger partial charge in [-0.2, -0.15) is 0 Å². The molecule has 5 heteroatoms. The van der Waals surface area contributed by atoms with Gasteiger partial charge in [0.15, 0.2) is 0 Å². The van der Waals surface area contributed by atoms with Crippen LogP contribution in [-0.2, 0) is 6.54 Å². The first-order valence-electron chi connectivity index (χ1n) is 6.44. The molecule has 1 aliphatic heterocycles. The molecule has 0 bridgehead atoms. The molecule has 4 nitrogen and oxygen atoms in total. The lowest BCUT2D eigenvalue weighted by molar-refractivity contribution is 0.219. The zero-order valence-corrected chi connectivity index (χ0v) is 11.9. The van der Waals surface area contributed by atoms with Gasteiger partial charge in [-0.25, -0.2) is 0 Å². The average molecular weight is 280 g/mol. The minimum Gasteiger partial charge on any atom is -0.496 e. The van der Waals surface area contributed by atoms with Crippen LogP contribution in [0, 0.1) is 5.92 Å². The molecule has 1 fully saturated rings. The number of aliphatic hydroxyl groups excluding tert-OH is 1. The molecule has 1 saturated heterocycles. The maximum Gasteiger partial charge on any atom is 0.123 e. The standard InChI is InChI=1S/C14H20N2O2S/c1-18-13-3-2-11(14(15)19)6-12(13)8-16-5-4-10(7-16)9-17/h2-3,6,10,17H,4-5,7-9H2,1H3,(H2,15,19). The third-order valence-corrected chi connectivity index (χ3v) is 3.82. The van der Waals surface area contributed by atoms with Crippen LogP contribution in [0.4, 0.5) is 0 Å². The van der Waals surface area contributed by atoms with Gasteiger partial charge in [-0.1, -0.05) is 12.2 Å². The van der Waals surface area contributed by atoms with Crippen LogP contribution in [0.5, 0.6) is 5.75 Å². The first-order chi connectivity index (χ1) is 9.13. The van der Waals surface area contributed by atoms with Crippen LogP contribution in [0.3, 0.4) is 0 Å². The van der Waals surface area contributed by atoms with E-state index in [0.717, 1.165) is 42.9 Å². The number of hydrogen-bond donors (Lipinski definition) is 2. The lowest BCUT2D eigenvalue weighted by Crippen LogP contribution is -2.21. The number of benzene rings is 1. The van der Waals surface area contributed by atoms with E-state index in [0.29, 0.717) is 10.9 Å². The molecule has 0 spiro atoms. The monoisotopic (exact) mass is 280 g/mol. The van der Waals surface area contributed by atoms with Gasteiger partial charge in [-0.05, 0) is 37.1 Å². The molecule has 3 N–H and O–H groups in total. The van der Waals surface area contributed by atoms with Crippen LogP contribution < -0.4 is 10.5 Å². The summed E-state index contributed by atoms with van der Waals surface area (Å²) < 4.78 is 5.38. The van der Waals surface area contributed by atoms with E-state index in [9.17, 15) is 5.11 Å². The Bertz CT molecular complexity index is 465. The molecule has 2 rings (SSSR count). The number of ether oxygens (including phenoxy) is 1. The van der Waals surface area contributed by atoms with Gasteiger partial charge < -0.3 is 15.6 Å². The van der Waals surface area contributed by atoms with Gasteiger partial charge in [0, 0.05) is 30.8 Å². The number of nitrogens with two attached hydrogens (primary N) is 1. The van der Waals surface area contributed by atoms with E-state index in [-0.39, 0.29) is 6.61 Å². The van der Waals surface area contributed by atoms with E-state index in [1.54, 1.807) is 7.11 Å². The summed E-state index contributed by atoms with van der Waals surface area (Å²) in [5, 5.41) is 9.18. The molecule has 1 aromatic carbocycles. The Balaban J connectivity index is 2.14. The van der Waals surface area contributed by atoms with Gasteiger partial charge in [0.25, 0.3) is 0 Å². The van der Waals surface area contributed by atoms with Crippen LogP contribution in [0.1, 0.15) is 17.5 Å². The topological polar surface area (TPSA) is 58.7 Å². The highest BCUT2D eigenvalue weighted by Gasteiger charge is 2.22. The first-order valence-corrected chi connectivity index (χ1v) is 6.84. The van der Waals surface area contributed by atoms with Gasteiger partial charge in [0.1, 0.15) is 10.7 Å². The number of aliphatic hydroxyl groups is 1. The molecule has 0 saturated carbocycles. The number of thiocarbonyl (C=S) groups is 1. The third-order valence-electron chi connectivity index (χ3n) is 3.59. The molecule has 1 unspecified atom stereocenters. The summed E-state index contributed by atoms with van der Waals surface area (Å²) >= 11 is 5.01. The SMILES string of the molecule is COc1ccc(C(N)=S)cc1CN1CCC(CO)C1. The summed E-state index contributed by atoms with van der Waals surface area (Å²) in [7, 11) is 1.67. The van der Waals surface area contributed by atoms with E-state index in [4.69, 9.17) is 22.7 Å². The first kappa shape index (κ1) is 14.2. The molecule has 1 aromatic rings. The Kier molecular flexibility index (Phi) is 4.74. The highest BCUT2D eigenvalue weighted by molar-refractivity contribution is 7.80. The Hall–Kier alpha value is -1.17. The molecule has 19 heavy (non-hydrogen) atoms. The molecule has 0 aromatic heterocycles. The Morgan fingerprint density at radius 3 is 2.95 bits per heavy atom. The predicted molar refractivity (Wildman–Crippen MR) is 79.4 cm³/mol. The number of nitrogens with zero attached hydrogens (tertiary/aromatic N) is 1. The quantitative estimate of drug-likeness (QED) is 0.792. The number of hydrogen-bond acceptors (Lipinski definition) is 4. The summed E-state index contributed by atoms with van der Waals surface area (Å²) in [5.74, 6) is 1.25. The van der Waals surface area contributed by atoms with Crippen LogP contribution in [0.2, 0.25) is 0 Å². The van der Waals surface area contributed by atoms with E-state index in [1.807, 2.05) is 18.2 Å². The fourth-order valence-corrected chi connectivity index (χ4v) is 2.63. The lowest BCUT2D eigenvalue weighted by Gasteiger charge is -2.18.